The van der Waals surface area contributed by atoms with Crippen molar-refractivity contribution in [2.45, 2.75) is 4.90 Å². The lowest BCUT2D eigenvalue weighted by atomic mass is 10.2. The molecule has 0 amide bonds. The molecule has 1 N–H and O–H groups in total. The molecule has 0 radical (unpaired) electrons. The number of carbonyl (C=O) groups is 1. The largest absolute Gasteiger partial charge is 0.400 e. The van der Waals surface area contributed by atoms with E-state index in [-0.39, 0.29) is 0 Å². The topological polar surface area (TPSA) is 37.3 Å². The van der Waals surface area contributed by atoms with Crippen molar-refractivity contribution in [3.63, 3.8) is 0 Å². The summed E-state index contributed by atoms with van der Waals surface area (Å²) in [5.41, 5.74) is 0.675. The summed E-state index contributed by atoms with van der Waals surface area (Å²) >= 11 is 0. The van der Waals surface area contributed by atoms with Crippen LogP contribution < -0.4 is 0 Å². The maximum atomic E-state index is 10.2. The van der Waals surface area contributed by atoms with Gasteiger partial charge in [0.15, 0.2) is 0 Å². The fourth-order valence-electron chi connectivity index (χ4n) is 0.598. The molecule has 1 rings (SSSR count). The second-order valence-electron chi connectivity index (χ2n) is 1.76. The van der Waals surface area contributed by atoms with Gasteiger partial charge in [0, 0.05) is 17.6 Å². The smallest absolute Gasteiger partial charge is 0.150 e. The summed E-state index contributed by atoms with van der Waals surface area (Å²) in [6, 6.07) is 7.08. The Labute approximate surface area is 80.1 Å². The molecule has 0 spiro atoms. The first-order valence-corrected chi connectivity index (χ1v) is 4.79. The standard InChI is InChI=1S/C7H5ClOS.CH4O/c8-10-7-3-1-6(5-9)2-4-7;1-2/h1-5H;2H,1H3. The van der Waals surface area contributed by atoms with E-state index >= 15 is 0 Å². The van der Waals surface area contributed by atoms with Gasteiger partial charge in [-0.3, -0.25) is 4.79 Å². The van der Waals surface area contributed by atoms with Gasteiger partial charge >= 0.3 is 0 Å². The van der Waals surface area contributed by atoms with Crippen molar-refractivity contribution >= 4 is 27.9 Å². The van der Waals surface area contributed by atoms with Crippen LogP contribution in [0.5, 0.6) is 0 Å². The maximum absolute atomic E-state index is 10.2. The molecule has 0 bridgehead atoms. The Hall–Kier alpha value is -0.510. The van der Waals surface area contributed by atoms with Gasteiger partial charge in [0.1, 0.15) is 6.29 Å². The number of hydrogen-bond donors (Lipinski definition) is 1. The lowest BCUT2D eigenvalue weighted by Crippen LogP contribution is -1.76. The van der Waals surface area contributed by atoms with Gasteiger partial charge in [-0.1, -0.05) is 12.1 Å². The molecule has 0 aromatic heterocycles. The van der Waals surface area contributed by atoms with Gasteiger partial charge in [-0.2, -0.15) is 0 Å². The van der Waals surface area contributed by atoms with Gasteiger partial charge < -0.3 is 5.11 Å². The Morgan fingerprint density at radius 2 is 1.83 bits per heavy atom. The predicted octanol–water partition coefficient (Wildman–Crippen LogP) is 2.35. The summed E-state index contributed by atoms with van der Waals surface area (Å²) in [7, 11) is 7.60. The molecule has 12 heavy (non-hydrogen) atoms. The molecule has 2 nitrogen and oxygen atoms in total. The molecule has 0 heterocycles. The minimum atomic E-state index is 0.675. The summed E-state index contributed by atoms with van der Waals surface area (Å²) < 4.78 is 0. The molecular weight excluding hydrogens is 196 g/mol. The number of rotatable bonds is 2. The Morgan fingerprint density at radius 3 is 2.17 bits per heavy atom. The minimum Gasteiger partial charge on any atom is -0.400 e. The van der Waals surface area contributed by atoms with E-state index in [1.807, 2.05) is 0 Å². The lowest BCUT2D eigenvalue weighted by molar-refractivity contribution is 0.112. The van der Waals surface area contributed by atoms with E-state index in [1.54, 1.807) is 24.3 Å². The van der Waals surface area contributed by atoms with E-state index in [0.717, 1.165) is 29.3 Å². The molecule has 0 saturated heterocycles. The number of benzene rings is 1. The van der Waals surface area contributed by atoms with Crippen LogP contribution in [0, 0.1) is 0 Å². The average Bonchev–Trinajstić information content (AvgIpc) is 2.21. The Balaban J connectivity index is 0.000000561. The third kappa shape index (κ3) is 3.76. The first-order valence-electron chi connectivity index (χ1n) is 3.15. The fraction of sp³-hybridized carbons (Fsp3) is 0.125. The van der Waals surface area contributed by atoms with Gasteiger partial charge in [-0.25, -0.2) is 0 Å². The molecule has 0 aliphatic heterocycles. The highest BCUT2D eigenvalue weighted by atomic mass is 35.7. The highest BCUT2D eigenvalue weighted by Crippen LogP contribution is 2.21. The van der Waals surface area contributed by atoms with Crippen LogP contribution in [0.2, 0.25) is 0 Å². The summed E-state index contributed by atoms with van der Waals surface area (Å²) in [4.78, 5) is 11.1. The Morgan fingerprint density at radius 1 is 1.33 bits per heavy atom. The van der Waals surface area contributed by atoms with Crippen molar-refractivity contribution in [1.29, 1.82) is 0 Å². The van der Waals surface area contributed by atoms with E-state index < -0.39 is 0 Å². The lowest BCUT2D eigenvalue weighted by Gasteiger charge is -1.91. The van der Waals surface area contributed by atoms with Crippen molar-refractivity contribution in [3.8, 4) is 0 Å². The van der Waals surface area contributed by atoms with Crippen molar-refractivity contribution in [2.24, 2.45) is 0 Å². The van der Waals surface area contributed by atoms with Crippen LogP contribution >= 0.6 is 21.7 Å². The van der Waals surface area contributed by atoms with E-state index in [4.69, 9.17) is 15.8 Å². The number of aliphatic hydroxyl groups excluding tert-OH is 1. The summed E-state index contributed by atoms with van der Waals surface area (Å²) in [6.07, 6.45) is 0.808. The van der Waals surface area contributed by atoms with Crippen LogP contribution in [-0.2, 0) is 0 Å². The van der Waals surface area contributed by atoms with Gasteiger partial charge in [0.05, 0.1) is 0 Å². The number of halogens is 1. The van der Waals surface area contributed by atoms with Crippen molar-refractivity contribution in [1.82, 2.24) is 0 Å². The van der Waals surface area contributed by atoms with E-state index in [2.05, 4.69) is 0 Å². The van der Waals surface area contributed by atoms with Crippen molar-refractivity contribution < 1.29 is 9.90 Å². The van der Waals surface area contributed by atoms with Crippen molar-refractivity contribution in [3.05, 3.63) is 29.8 Å². The monoisotopic (exact) mass is 204 g/mol. The molecule has 0 saturated carbocycles. The van der Waals surface area contributed by atoms with Gasteiger partial charge in [-0.15, -0.1) is 0 Å². The van der Waals surface area contributed by atoms with Crippen molar-refractivity contribution in [2.75, 3.05) is 7.11 Å². The number of carbonyl (C=O) groups excluding carboxylic acids is 1. The molecular formula is C8H9ClO2S. The van der Waals surface area contributed by atoms with Gasteiger partial charge in [0.25, 0.3) is 0 Å². The molecule has 1 aromatic carbocycles. The molecule has 4 heteroatoms. The van der Waals surface area contributed by atoms with Crippen LogP contribution in [-0.4, -0.2) is 18.5 Å². The molecule has 0 aliphatic rings. The van der Waals surface area contributed by atoms with Crippen LogP contribution in [0.4, 0.5) is 0 Å². The summed E-state index contributed by atoms with van der Waals surface area (Å²) in [6.45, 7) is 0. The van der Waals surface area contributed by atoms with Gasteiger partial charge in [0.2, 0.25) is 0 Å². The normalized spacial score (nSPS) is 8.25. The minimum absolute atomic E-state index is 0.675. The third-order valence-electron chi connectivity index (χ3n) is 1.11. The zero-order valence-corrected chi connectivity index (χ0v) is 8.10. The SMILES string of the molecule is CO.O=Cc1ccc(SCl)cc1. The Bertz CT molecular complexity index is 223. The average molecular weight is 205 g/mol. The second-order valence-corrected chi connectivity index (χ2v) is 2.85. The number of aliphatic hydroxyl groups is 1. The second kappa shape index (κ2) is 7.16. The Kier molecular flexibility index (Phi) is 6.85. The van der Waals surface area contributed by atoms with Crippen LogP contribution in [0.15, 0.2) is 29.2 Å². The first kappa shape index (κ1) is 11.5. The highest BCUT2D eigenvalue weighted by molar-refractivity contribution is 8.21. The first-order chi connectivity index (χ1) is 5.86. The maximum Gasteiger partial charge on any atom is 0.150 e. The van der Waals surface area contributed by atoms with E-state index in [1.165, 1.54) is 0 Å². The van der Waals surface area contributed by atoms with E-state index in [0.29, 0.717) is 5.56 Å². The molecule has 0 fully saturated rings. The van der Waals surface area contributed by atoms with Crippen LogP contribution in [0.25, 0.3) is 0 Å². The summed E-state index contributed by atoms with van der Waals surface area (Å²) in [5.74, 6) is 0. The molecule has 0 aliphatic carbocycles. The molecule has 0 atom stereocenters. The van der Waals surface area contributed by atoms with Gasteiger partial charge in [-0.05, 0) is 33.8 Å². The summed E-state index contributed by atoms with van der Waals surface area (Å²) in [5, 5.41) is 7.00. The van der Waals surface area contributed by atoms with E-state index in [9.17, 15) is 4.79 Å². The molecule has 1 aromatic rings. The third-order valence-corrected chi connectivity index (χ3v) is 2.09. The fourth-order valence-corrected chi connectivity index (χ4v) is 1.15. The van der Waals surface area contributed by atoms with Crippen LogP contribution in [0.3, 0.4) is 0 Å². The highest BCUT2D eigenvalue weighted by Gasteiger charge is 1.90. The molecule has 66 valence electrons. The molecule has 0 unspecified atom stereocenters. The number of aldehydes is 1. The predicted molar refractivity (Wildman–Crippen MR) is 51.7 cm³/mol. The zero-order valence-electron chi connectivity index (χ0n) is 6.53. The number of hydrogen-bond acceptors (Lipinski definition) is 3. The van der Waals surface area contributed by atoms with Crippen LogP contribution in [0.1, 0.15) is 10.4 Å². The quantitative estimate of drug-likeness (QED) is 0.752. The zero-order chi connectivity index (χ0) is 9.40.